The molecule has 0 fully saturated rings. The number of halogens is 2. The Morgan fingerprint density at radius 2 is 2.14 bits per heavy atom. The quantitative estimate of drug-likeness (QED) is 0.899. The van der Waals surface area contributed by atoms with Crippen molar-refractivity contribution in [2.24, 2.45) is 0 Å². The number of rotatable bonds is 2. The molecule has 2 aromatic rings. The molecule has 0 saturated carbocycles. The van der Waals surface area contributed by atoms with Crippen LogP contribution in [-0.4, -0.2) is 10.1 Å². The van der Waals surface area contributed by atoms with Crippen LogP contribution in [0, 0.1) is 0 Å². The van der Waals surface area contributed by atoms with E-state index in [4.69, 9.17) is 28.3 Å². The van der Waals surface area contributed by atoms with Crippen molar-refractivity contribution in [3.63, 3.8) is 0 Å². The largest absolute Gasteiger partial charge is 0.391 e. The van der Waals surface area contributed by atoms with Crippen molar-refractivity contribution in [3.05, 3.63) is 25.8 Å². The summed E-state index contributed by atoms with van der Waals surface area (Å²) in [6.45, 7) is 0.00710. The number of nitrogens with zero attached hydrogens (tertiary/aromatic N) is 1. The van der Waals surface area contributed by atoms with Gasteiger partial charge in [-0.2, -0.15) is 0 Å². The lowest BCUT2D eigenvalue weighted by molar-refractivity contribution is 0.285. The van der Waals surface area contributed by atoms with Gasteiger partial charge < -0.3 is 5.11 Å². The van der Waals surface area contributed by atoms with E-state index in [2.05, 4.69) is 4.98 Å². The van der Waals surface area contributed by atoms with Crippen LogP contribution in [0.25, 0.3) is 10.6 Å². The normalized spacial score (nSPS) is 10.8. The third-order valence-corrected chi connectivity index (χ3v) is 4.10. The third kappa shape index (κ3) is 1.94. The van der Waals surface area contributed by atoms with Crippen molar-refractivity contribution in [1.29, 1.82) is 0 Å². The minimum absolute atomic E-state index is 0.00710. The standard InChI is InChI=1S/C8H5Cl2NOS2/c9-6-1-5(7(10)14-6)8-11-2-4(3-12)13-8/h1-2,12H,3H2. The number of thiazole rings is 1. The lowest BCUT2D eigenvalue weighted by atomic mass is 10.4. The van der Waals surface area contributed by atoms with Crippen LogP contribution in [0.5, 0.6) is 0 Å². The number of aliphatic hydroxyl groups is 1. The Bertz CT molecular complexity index is 452. The molecule has 6 heteroatoms. The molecule has 0 aliphatic rings. The van der Waals surface area contributed by atoms with Crippen molar-refractivity contribution in [3.8, 4) is 10.6 Å². The average Bonchev–Trinajstić information content (AvgIpc) is 2.71. The van der Waals surface area contributed by atoms with Crippen LogP contribution in [0.4, 0.5) is 0 Å². The van der Waals surface area contributed by atoms with E-state index in [-0.39, 0.29) is 6.61 Å². The molecular weight excluding hydrogens is 261 g/mol. The minimum Gasteiger partial charge on any atom is -0.391 e. The molecule has 2 rings (SSSR count). The Morgan fingerprint density at radius 3 is 2.64 bits per heavy atom. The molecule has 0 saturated heterocycles. The molecule has 0 atom stereocenters. The molecule has 0 aromatic carbocycles. The fraction of sp³-hybridized carbons (Fsp3) is 0.125. The van der Waals surface area contributed by atoms with Crippen LogP contribution in [0.3, 0.4) is 0 Å². The number of hydrogen-bond donors (Lipinski definition) is 1. The van der Waals surface area contributed by atoms with Crippen molar-refractivity contribution in [2.75, 3.05) is 0 Å². The first-order valence-electron chi connectivity index (χ1n) is 3.71. The predicted molar refractivity (Wildman–Crippen MR) is 61.4 cm³/mol. The maximum atomic E-state index is 8.89. The highest BCUT2D eigenvalue weighted by Crippen LogP contribution is 2.39. The Labute approximate surface area is 98.8 Å². The first-order valence-corrected chi connectivity index (χ1v) is 6.10. The van der Waals surface area contributed by atoms with Crippen LogP contribution in [-0.2, 0) is 6.61 Å². The minimum atomic E-state index is 0.00710. The summed E-state index contributed by atoms with van der Waals surface area (Å²) in [4.78, 5) is 4.97. The maximum Gasteiger partial charge on any atom is 0.126 e. The lowest BCUT2D eigenvalue weighted by Gasteiger charge is -1.89. The molecule has 2 heterocycles. The van der Waals surface area contributed by atoms with E-state index in [1.54, 1.807) is 12.3 Å². The summed E-state index contributed by atoms with van der Waals surface area (Å²) in [6, 6.07) is 1.79. The highest BCUT2D eigenvalue weighted by molar-refractivity contribution is 7.21. The van der Waals surface area contributed by atoms with Crippen LogP contribution in [0.1, 0.15) is 4.88 Å². The molecule has 74 valence electrons. The molecule has 0 bridgehead atoms. The van der Waals surface area contributed by atoms with E-state index < -0.39 is 0 Å². The van der Waals surface area contributed by atoms with Crippen LogP contribution in [0.15, 0.2) is 12.3 Å². The SMILES string of the molecule is OCc1cnc(-c2cc(Cl)sc2Cl)s1. The van der Waals surface area contributed by atoms with Gasteiger partial charge in [0, 0.05) is 11.8 Å². The molecule has 0 unspecified atom stereocenters. The molecule has 0 amide bonds. The van der Waals surface area contributed by atoms with Gasteiger partial charge in [0.15, 0.2) is 0 Å². The predicted octanol–water partition coefficient (Wildman–Crippen LogP) is 3.67. The van der Waals surface area contributed by atoms with Gasteiger partial charge in [-0.05, 0) is 6.07 Å². The Kier molecular flexibility index (Phi) is 3.09. The third-order valence-electron chi connectivity index (χ3n) is 1.60. The molecular formula is C8H5Cl2NOS2. The molecule has 0 spiro atoms. The van der Waals surface area contributed by atoms with E-state index in [0.717, 1.165) is 15.4 Å². The molecule has 0 radical (unpaired) electrons. The van der Waals surface area contributed by atoms with Gasteiger partial charge in [-0.3, -0.25) is 0 Å². The summed E-state index contributed by atoms with van der Waals surface area (Å²) in [5.74, 6) is 0. The summed E-state index contributed by atoms with van der Waals surface area (Å²) >= 11 is 14.5. The summed E-state index contributed by atoms with van der Waals surface area (Å²) in [5, 5.41) is 9.68. The highest BCUT2D eigenvalue weighted by Gasteiger charge is 2.11. The summed E-state index contributed by atoms with van der Waals surface area (Å²) in [5.41, 5.74) is 0.839. The fourth-order valence-corrected chi connectivity index (χ4v) is 3.37. The smallest absolute Gasteiger partial charge is 0.126 e. The summed E-state index contributed by atoms with van der Waals surface area (Å²) in [7, 11) is 0. The van der Waals surface area contributed by atoms with Gasteiger partial charge in [0.2, 0.25) is 0 Å². The van der Waals surface area contributed by atoms with Crippen molar-refractivity contribution in [1.82, 2.24) is 4.98 Å². The molecule has 0 aliphatic carbocycles. The van der Waals surface area contributed by atoms with Crippen LogP contribution < -0.4 is 0 Å². The van der Waals surface area contributed by atoms with Crippen LogP contribution >= 0.6 is 45.9 Å². The number of hydrogen-bond acceptors (Lipinski definition) is 4. The Balaban J connectivity index is 2.43. The van der Waals surface area contributed by atoms with Crippen molar-refractivity contribution < 1.29 is 5.11 Å². The molecule has 2 aromatic heterocycles. The van der Waals surface area contributed by atoms with E-state index in [1.807, 2.05) is 0 Å². The second-order valence-corrected chi connectivity index (χ2v) is 5.93. The zero-order chi connectivity index (χ0) is 10.1. The van der Waals surface area contributed by atoms with Gasteiger partial charge in [-0.15, -0.1) is 22.7 Å². The topological polar surface area (TPSA) is 33.1 Å². The summed E-state index contributed by atoms with van der Waals surface area (Å²) < 4.78 is 1.28. The van der Waals surface area contributed by atoms with Gasteiger partial charge in [-0.25, -0.2) is 4.98 Å². The van der Waals surface area contributed by atoms with E-state index in [0.29, 0.717) is 8.67 Å². The number of aliphatic hydroxyl groups excluding tert-OH is 1. The van der Waals surface area contributed by atoms with Gasteiger partial charge in [-0.1, -0.05) is 23.2 Å². The zero-order valence-corrected chi connectivity index (χ0v) is 9.97. The van der Waals surface area contributed by atoms with Crippen LogP contribution in [0.2, 0.25) is 8.67 Å². The van der Waals surface area contributed by atoms with E-state index >= 15 is 0 Å². The zero-order valence-electron chi connectivity index (χ0n) is 6.83. The molecule has 14 heavy (non-hydrogen) atoms. The van der Waals surface area contributed by atoms with Gasteiger partial charge in [0.25, 0.3) is 0 Å². The lowest BCUT2D eigenvalue weighted by Crippen LogP contribution is -1.70. The average molecular weight is 266 g/mol. The Morgan fingerprint density at radius 1 is 1.36 bits per heavy atom. The number of thiophene rings is 1. The fourth-order valence-electron chi connectivity index (χ4n) is 0.991. The second kappa shape index (κ2) is 4.16. The molecule has 1 N–H and O–H groups in total. The van der Waals surface area contributed by atoms with E-state index in [9.17, 15) is 0 Å². The summed E-state index contributed by atoms with van der Waals surface area (Å²) in [6.07, 6.45) is 1.64. The molecule has 0 aliphatic heterocycles. The maximum absolute atomic E-state index is 8.89. The van der Waals surface area contributed by atoms with Crippen molar-refractivity contribution >= 4 is 45.9 Å². The molecule has 2 nitrogen and oxygen atoms in total. The highest BCUT2D eigenvalue weighted by atomic mass is 35.5. The Hall–Kier alpha value is -0.130. The first kappa shape index (κ1) is 10.4. The van der Waals surface area contributed by atoms with Gasteiger partial charge >= 0.3 is 0 Å². The van der Waals surface area contributed by atoms with E-state index in [1.165, 1.54) is 22.7 Å². The second-order valence-electron chi connectivity index (χ2n) is 2.53. The van der Waals surface area contributed by atoms with Gasteiger partial charge in [0.1, 0.15) is 9.34 Å². The first-order chi connectivity index (χ1) is 6.70. The van der Waals surface area contributed by atoms with Gasteiger partial charge in [0.05, 0.1) is 15.8 Å². The number of aromatic nitrogens is 1. The monoisotopic (exact) mass is 265 g/mol. The van der Waals surface area contributed by atoms with Crippen molar-refractivity contribution in [2.45, 2.75) is 6.61 Å².